The van der Waals surface area contributed by atoms with E-state index in [-0.39, 0.29) is 24.2 Å². The summed E-state index contributed by atoms with van der Waals surface area (Å²) in [6.45, 7) is 1.17. The zero-order valence-electron chi connectivity index (χ0n) is 13.1. The van der Waals surface area contributed by atoms with Gasteiger partial charge in [-0.2, -0.15) is 0 Å². The van der Waals surface area contributed by atoms with Gasteiger partial charge in [0.05, 0.1) is 29.8 Å². The normalized spacial score (nSPS) is 27.2. The van der Waals surface area contributed by atoms with E-state index >= 15 is 0 Å². The molecule has 1 aliphatic carbocycles. The van der Waals surface area contributed by atoms with E-state index in [1.807, 2.05) is 35.2 Å². The molecule has 0 unspecified atom stereocenters. The number of ether oxygens (including phenoxy) is 2. The van der Waals surface area contributed by atoms with Gasteiger partial charge in [0.1, 0.15) is 6.10 Å². The number of nitrogens with zero attached hydrogens (tertiary/aromatic N) is 2. The minimum atomic E-state index is -0.0328. The molecule has 1 aliphatic heterocycles. The molecule has 1 aromatic carbocycles. The smallest absolute Gasteiger partial charge is 0.255 e. The first-order valence-electron chi connectivity index (χ1n) is 8.08. The van der Waals surface area contributed by atoms with Crippen LogP contribution in [0.25, 0.3) is 10.9 Å². The summed E-state index contributed by atoms with van der Waals surface area (Å²) in [6.07, 6.45) is 3.66. The highest BCUT2D eigenvalue weighted by Gasteiger charge is 2.44. The number of methoxy groups -OCH3 is 1. The second-order valence-corrected chi connectivity index (χ2v) is 6.13. The van der Waals surface area contributed by atoms with Crippen LogP contribution in [0.1, 0.15) is 23.2 Å². The van der Waals surface area contributed by atoms with E-state index in [1.165, 1.54) is 0 Å². The van der Waals surface area contributed by atoms with Crippen molar-refractivity contribution in [1.29, 1.82) is 0 Å². The Balaban J connectivity index is 1.72. The molecule has 2 fully saturated rings. The van der Waals surface area contributed by atoms with Crippen molar-refractivity contribution < 1.29 is 14.3 Å². The largest absolute Gasteiger partial charge is 0.377 e. The molecule has 2 heterocycles. The van der Waals surface area contributed by atoms with E-state index in [9.17, 15) is 4.79 Å². The molecule has 120 valence electrons. The molecule has 5 nitrogen and oxygen atoms in total. The highest BCUT2D eigenvalue weighted by Crippen LogP contribution is 2.33. The van der Waals surface area contributed by atoms with E-state index in [4.69, 9.17) is 9.47 Å². The average Bonchev–Trinajstić information content (AvgIpc) is 2.89. The maximum Gasteiger partial charge on any atom is 0.255 e. The van der Waals surface area contributed by atoms with Gasteiger partial charge < -0.3 is 14.4 Å². The van der Waals surface area contributed by atoms with Crippen molar-refractivity contribution >= 4 is 16.8 Å². The maximum atomic E-state index is 13.2. The number of fused-ring (bicyclic) bond motifs is 3. The van der Waals surface area contributed by atoms with Crippen molar-refractivity contribution in [3.63, 3.8) is 0 Å². The number of amides is 1. The summed E-state index contributed by atoms with van der Waals surface area (Å²) in [6, 6.07) is 9.66. The zero-order chi connectivity index (χ0) is 15.8. The second-order valence-electron chi connectivity index (χ2n) is 6.13. The Kier molecular flexibility index (Phi) is 3.75. The Morgan fingerprint density at radius 3 is 3.04 bits per heavy atom. The van der Waals surface area contributed by atoms with E-state index in [1.54, 1.807) is 13.3 Å². The van der Waals surface area contributed by atoms with Gasteiger partial charge in [0.25, 0.3) is 5.91 Å². The van der Waals surface area contributed by atoms with Gasteiger partial charge in [-0.3, -0.25) is 9.78 Å². The molecule has 0 N–H and O–H groups in total. The van der Waals surface area contributed by atoms with Crippen LogP contribution in [0, 0.1) is 0 Å². The van der Waals surface area contributed by atoms with Crippen LogP contribution < -0.4 is 0 Å². The fourth-order valence-corrected chi connectivity index (χ4v) is 3.89. The molecule has 4 rings (SSSR count). The molecule has 2 aliphatic rings. The maximum absolute atomic E-state index is 13.2. The number of para-hydroxylation sites is 1. The molecular weight excluding hydrogens is 292 g/mol. The lowest BCUT2D eigenvalue weighted by molar-refractivity contribution is -0.0316. The van der Waals surface area contributed by atoms with Crippen LogP contribution in [0.15, 0.2) is 36.5 Å². The number of benzene rings is 1. The minimum absolute atomic E-state index is 0.0328. The summed E-state index contributed by atoms with van der Waals surface area (Å²) in [4.78, 5) is 19.5. The molecule has 1 amide bonds. The van der Waals surface area contributed by atoms with E-state index in [2.05, 4.69) is 4.98 Å². The van der Waals surface area contributed by atoms with Gasteiger partial charge in [0, 0.05) is 25.2 Å². The molecule has 5 heteroatoms. The van der Waals surface area contributed by atoms with Crippen molar-refractivity contribution in [2.45, 2.75) is 31.1 Å². The lowest BCUT2D eigenvalue weighted by Crippen LogP contribution is -2.46. The summed E-state index contributed by atoms with van der Waals surface area (Å²) in [5.74, 6) is 0.0433. The molecular formula is C18H20N2O3. The predicted molar refractivity (Wildman–Crippen MR) is 86.3 cm³/mol. The van der Waals surface area contributed by atoms with Crippen molar-refractivity contribution in [2.24, 2.45) is 0 Å². The molecule has 3 atom stereocenters. The van der Waals surface area contributed by atoms with Gasteiger partial charge >= 0.3 is 0 Å². The average molecular weight is 312 g/mol. The minimum Gasteiger partial charge on any atom is -0.377 e. The van der Waals surface area contributed by atoms with Crippen LogP contribution in [-0.2, 0) is 9.47 Å². The van der Waals surface area contributed by atoms with Crippen LogP contribution in [0.5, 0.6) is 0 Å². The Hall–Kier alpha value is -1.98. The van der Waals surface area contributed by atoms with Crippen molar-refractivity contribution in [2.75, 3.05) is 20.3 Å². The highest BCUT2D eigenvalue weighted by molar-refractivity contribution is 6.06. The number of rotatable bonds is 2. The van der Waals surface area contributed by atoms with Crippen LogP contribution in [0.4, 0.5) is 0 Å². The summed E-state index contributed by atoms with van der Waals surface area (Å²) < 4.78 is 11.5. The van der Waals surface area contributed by atoms with Gasteiger partial charge in [0.15, 0.2) is 0 Å². The molecule has 1 saturated heterocycles. The molecule has 2 aromatic rings. The summed E-state index contributed by atoms with van der Waals surface area (Å²) in [5.41, 5.74) is 1.55. The SMILES string of the molecule is CO[C@@H]1[C@H]2CC[C@H]1OCCN2C(=O)c1ccnc2ccccc12. The van der Waals surface area contributed by atoms with Gasteiger partial charge in [-0.15, -0.1) is 0 Å². The quantitative estimate of drug-likeness (QED) is 0.853. The Morgan fingerprint density at radius 2 is 2.17 bits per heavy atom. The number of hydrogen-bond acceptors (Lipinski definition) is 4. The third kappa shape index (κ3) is 2.40. The molecule has 23 heavy (non-hydrogen) atoms. The molecule has 1 saturated carbocycles. The molecule has 0 radical (unpaired) electrons. The van der Waals surface area contributed by atoms with Crippen molar-refractivity contribution in [3.05, 3.63) is 42.1 Å². The summed E-state index contributed by atoms with van der Waals surface area (Å²) >= 11 is 0. The van der Waals surface area contributed by atoms with Crippen LogP contribution in [0.2, 0.25) is 0 Å². The number of carbonyl (C=O) groups excluding carboxylic acids is 1. The lowest BCUT2D eigenvalue weighted by Gasteiger charge is -2.31. The van der Waals surface area contributed by atoms with E-state index < -0.39 is 0 Å². The fourth-order valence-electron chi connectivity index (χ4n) is 3.89. The third-order valence-corrected chi connectivity index (χ3v) is 4.97. The number of hydrogen-bond donors (Lipinski definition) is 0. The standard InChI is InChI=1S/C18H20N2O3/c1-22-17-15-6-7-16(17)23-11-10-20(15)18(21)13-8-9-19-14-5-3-2-4-12(13)14/h2-5,8-9,15-17H,6-7,10-11H2,1H3/t15-,16-,17-/m1/s1. The van der Waals surface area contributed by atoms with Gasteiger partial charge in [0.2, 0.25) is 0 Å². The Bertz CT molecular complexity index is 728. The van der Waals surface area contributed by atoms with Gasteiger partial charge in [-0.1, -0.05) is 18.2 Å². The monoisotopic (exact) mass is 312 g/mol. The van der Waals surface area contributed by atoms with Gasteiger partial charge in [-0.05, 0) is 25.0 Å². The first kappa shape index (κ1) is 14.6. The van der Waals surface area contributed by atoms with Gasteiger partial charge in [-0.25, -0.2) is 0 Å². The molecule has 1 aromatic heterocycles. The Morgan fingerprint density at radius 1 is 1.30 bits per heavy atom. The third-order valence-electron chi connectivity index (χ3n) is 4.97. The molecule has 0 spiro atoms. The van der Waals surface area contributed by atoms with Crippen LogP contribution in [0.3, 0.4) is 0 Å². The Labute approximate surface area is 135 Å². The first-order valence-corrected chi connectivity index (χ1v) is 8.08. The number of aromatic nitrogens is 1. The predicted octanol–water partition coefficient (Wildman–Crippen LogP) is 2.25. The second kappa shape index (κ2) is 5.91. The highest BCUT2D eigenvalue weighted by atomic mass is 16.5. The fraction of sp³-hybridized carbons (Fsp3) is 0.444. The van der Waals surface area contributed by atoms with Crippen LogP contribution >= 0.6 is 0 Å². The van der Waals surface area contributed by atoms with Crippen molar-refractivity contribution in [1.82, 2.24) is 9.88 Å². The van der Waals surface area contributed by atoms with E-state index in [0.717, 1.165) is 23.7 Å². The summed E-state index contributed by atoms with van der Waals surface area (Å²) in [7, 11) is 1.70. The first-order chi connectivity index (χ1) is 11.3. The zero-order valence-corrected chi connectivity index (χ0v) is 13.1. The summed E-state index contributed by atoms with van der Waals surface area (Å²) in [5, 5.41) is 0.897. The number of pyridine rings is 1. The van der Waals surface area contributed by atoms with Crippen LogP contribution in [-0.4, -0.2) is 54.3 Å². The van der Waals surface area contributed by atoms with E-state index in [0.29, 0.717) is 18.7 Å². The van der Waals surface area contributed by atoms with Crippen molar-refractivity contribution in [3.8, 4) is 0 Å². The topological polar surface area (TPSA) is 51.7 Å². The lowest BCUT2D eigenvalue weighted by atomic mass is 10.1. The number of carbonyl (C=O) groups is 1. The molecule has 2 bridgehead atoms.